The molecule has 5 rings (SSSR count). The van der Waals surface area contributed by atoms with Gasteiger partial charge in [0, 0.05) is 43.3 Å². The number of aromatic nitrogens is 6. The molecule has 1 aromatic carbocycles. The topological polar surface area (TPSA) is 123 Å². The lowest BCUT2D eigenvalue weighted by atomic mass is 10.2. The maximum absolute atomic E-state index is 11.9. The van der Waals surface area contributed by atoms with E-state index in [1.165, 1.54) is 6.33 Å². The van der Waals surface area contributed by atoms with Crippen LogP contribution in [0.2, 0.25) is 0 Å². The number of aryl methyl sites for hydroxylation is 1. The third kappa shape index (κ3) is 4.57. The Kier molecular flexibility index (Phi) is 6.72. The Morgan fingerprint density at radius 2 is 1.86 bits per heavy atom. The molecule has 0 aliphatic carbocycles. The molecule has 4 aromatic rings. The molecule has 4 heterocycles. The minimum atomic E-state index is -0.240. The number of carbonyl (C=O) groups is 1. The standard InChI is InChI=1S/C25H29N9O2/c1-4-28-25(35)29-19-8-6-17(7-9-19)21-31-23-20(24(32-21)34-10-11-36-14-16(34)3)30-22(33(23)5-2)18-12-26-15-27-13-18/h6-9,12-13,15-16H,4-5,10-11,14H2,1-3H3,(H2,28,29,35). The van der Waals surface area contributed by atoms with Crippen LogP contribution in [0.25, 0.3) is 33.9 Å². The summed E-state index contributed by atoms with van der Waals surface area (Å²) in [5, 5.41) is 5.55. The molecule has 1 aliphatic rings. The first-order valence-electron chi connectivity index (χ1n) is 12.1. The highest BCUT2D eigenvalue weighted by atomic mass is 16.5. The molecule has 1 atom stereocenters. The van der Waals surface area contributed by atoms with E-state index in [2.05, 4.69) is 43.9 Å². The number of ether oxygens (including phenoxy) is 1. The van der Waals surface area contributed by atoms with Crippen LogP contribution in [0.3, 0.4) is 0 Å². The number of morpholine rings is 1. The molecule has 2 amide bonds. The summed E-state index contributed by atoms with van der Waals surface area (Å²) < 4.78 is 7.74. The van der Waals surface area contributed by atoms with Crippen molar-refractivity contribution >= 4 is 28.7 Å². The molecule has 0 bridgehead atoms. The third-order valence-electron chi connectivity index (χ3n) is 6.09. The van der Waals surface area contributed by atoms with Crippen molar-refractivity contribution < 1.29 is 9.53 Å². The molecule has 11 heteroatoms. The van der Waals surface area contributed by atoms with Gasteiger partial charge >= 0.3 is 6.03 Å². The van der Waals surface area contributed by atoms with Crippen LogP contribution in [0.15, 0.2) is 43.0 Å². The fourth-order valence-corrected chi connectivity index (χ4v) is 4.33. The van der Waals surface area contributed by atoms with Gasteiger partial charge in [0.1, 0.15) is 12.2 Å². The van der Waals surface area contributed by atoms with Crippen LogP contribution in [0.4, 0.5) is 16.3 Å². The van der Waals surface area contributed by atoms with E-state index in [4.69, 9.17) is 19.7 Å². The lowest BCUT2D eigenvalue weighted by molar-refractivity contribution is 0.0987. The minimum Gasteiger partial charge on any atom is -0.377 e. The Hall–Kier alpha value is -4.12. The van der Waals surface area contributed by atoms with Crippen molar-refractivity contribution in [3.63, 3.8) is 0 Å². The second-order valence-corrected chi connectivity index (χ2v) is 8.53. The van der Waals surface area contributed by atoms with Crippen molar-refractivity contribution in [1.29, 1.82) is 0 Å². The van der Waals surface area contributed by atoms with E-state index >= 15 is 0 Å². The molecule has 1 unspecified atom stereocenters. The van der Waals surface area contributed by atoms with Crippen LogP contribution in [0.5, 0.6) is 0 Å². The fraction of sp³-hybridized carbons (Fsp3) is 0.360. The summed E-state index contributed by atoms with van der Waals surface area (Å²) >= 11 is 0. The molecular formula is C25H29N9O2. The van der Waals surface area contributed by atoms with E-state index in [0.29, 0.717) is 44.4 Å². The summed E-state index contributed by atoms with van der Waals surface area (Å²) in [6.45, 7) is 9.25. The van der Waals surface area contributed by atoms with Crippen LogP contribution in [0, 0.1) is 0 Å². The summed E-state index contributed by atoms with van der Waals surface area (Å²) in [5.74, 6) is 2.12. The molecule has 3 aromatic heterocycles. The number of nitrogens with zero attached hydrogens (tertiary/aromatic N) is 7. The fourth-order valence-electron chi connectivity index (χ4n) is 4.33. The van der Waals surface area contributed by atoms with E-state index < -0.39 is 0 Å². The molecule has 1 fully saturated rings. The van der Waals surface area contributed by atoms with Crippen LogP contribution in [0.1, 0.15) is 20.8 Å². The van der Waals surface area contributed by atoms with Gasteiger partial charge in [-0.15, -0.1) is 0 Å². The number of imidazole rings is 1. The van der Waals surface area contributed by atoms with Gasteiger partial charge in [0.25, 0.3) is 0 Å². The molecule has 36 heavy (non-hydrogen) atoms. The van der Waals surface area contributed by atoms with E-state index in [-0.39, 0.29) is 12.1 Å². The Labute approximate surface area is 209 Å². The van der Waals surface area contributed by atoms with Crippen LogP contribution < -0.4 is 15.5 Å². The number of anilines is 2. The zero-order chi connectivity index (χ0) is 25.1. The average molecular weight is 488 g/mol. The first kappa shape index (κ1) is 23.6. The number of fused-ring (bicyclic) bond motifs is 1. The van der Waals surface area contributed by atoms with Gasteiger partial charge in [-0.2, -0.15) is 0 Å². The van der Waals surface area contributed by atoms with E-state index in [9.17, 15) is 4.79 Å². The lowest BCUT2D eigenvalue weighted by Gasteiger charge is -2.34. The Balaban J connectivity index is 1.63. The van der Waals surface area contributed by atoms with E-state index in [1.807, 2.05) is 31.2 Å². The molecule has 0 radical (unpaired) electrons. The summed E-state index contributed by atoms with van der Waals surface area (Å²) in [5.41, 5.74) is 3.84. The van der Waals surface area contributed by atoms with Crippen molar-refractivity contribution in [2.75, 3.05) is 36.5 Å². The number of nitrogens with one attached hydrogen (secondary N) is 2. The van der Waals surface area contributed by atoms with E-state index in [1.54, 1.807) is 12.4 Å². The number of carbonyl (C=O) groups excluding carboxylic acids is 1. The number of amides is 2. The van der Waals surface area contributed by atoms with Crippen molar-refractivity contribution in [2.24, 2.45) is 0 Å². The zero-order valence-electron chi connectivity index (χ0n) is 20.6. The van der Waals surface area contributed by atoms with Crippen LogP contribution in [-0.2, 0) is 11.3 Å². The normalized spacial score (nSPS) is 15.8. The molecule has 2 N–H and O–H groups in total. The van der Waals surface area contributed by atoms with Gasteiger partial charge in [0.2, 0.25) is 0 Å². The van der Waals surface area contributed by atoms with Crippen molar-refractivity contribution in [3.05, 3.63) is 43.0 Å². The minimum absolute atomic E-state index is 0.142. The highest BCUT2D eigenvalue weighted by Gasteiger charge is 2.27. The molecular weight excluding hydrogens is 458 g/mol. The zero-order valence-corrected chi connectivity index (χ0v) is 20.6. The molecule has 186 valence electrons. The van der Waals surface area contributed by atoms with Crippen molar-refractivity contribution in [2.45, 2.75) is 33.4 Å². The number of hydrogen-bond acceptors (Lipinski definition) is 8. The maximum Gasteiger partial charge on any atom is 0.319 e. The molecule has 11 nitrogen and oxygen atoms in total. The first-order valence-corrected chi connectivity index (χ1v) is 12.1. The first-order chi connectivity index (χ1) is 17.6. The van der Waals surface area contributed by atoms with Gasteiger partial charge < -0.3 is 24.8 Å². The second kappa shape index (κ2) is 10.2. The molecule has 1 aliphatic heterocycles. The Morgan fingerprint density at radius 1 is 1.08 bits per heavy atom. The SMILES string of the molecule is CCNC(=O)Nc1ccc(-c2nc(N3CCOCC3C)c3nc(-c4cncnc4)n(CC)c3n2)cc1. The molecule has 0 spiro atoms. The van der Waals surface area contributed by atoms with Crippen LogP contribution in [-0.4, -0.2) is 67.9 Å². The summed E-state index contributed by atoms with van der Waals surface area (Å²) in [4.78, 5) is 37.4. The number of rotatable bonds is 6. The van der Waals surface area contributed by atoms with Gasteiger partial charge in [-0.1, -0.05) is 0 Å². The monoisotopic (exact) mass is 487 g/mol. The second-order valence-electron chi connectivity index (χ2n) is 8.53. The van der Waals surface area contributed by atoms with Gasteiger partial charge in [0.15, 0.2) is 22.8 Å². The predicted octanol–water partition coefficient (Wildman–Crippen LogP) is 3.34. The van der Waals surface area contributed by atoms with E-state index in [0.717, 1.165) is 33.9 Å². The highest BCUT2D eigenvalue weighted by molar-refractivity contribution is 5.90. The highest BCUT2D eigenvalue weighted by Crippen LogP contribution is 2.32. The third-order valence-corrected chi connectivity index (χ3v) is 6.09. The quantitative estimate of drug-likeness (QED) is 0.425. The summed E-state index contributed by atoms with van der Waals surface area (Å²) in [7, 11) is 0. The summed E-state index contributed by atoms with van der Waals surface area (Å²) in [6, 6.07) is 7.42. The Bertz CT molecular complexity index is 1360. The van der Waals surface area contributed by atoms with Crippen LogP contribution >= 0.6 is 0 Å². The van der Waals surface area contributed by atoms with Gasteiger partial charge in [0.05, 0.1) is 24.8 Å². The van der Waals surface area contributed by atoms with Gasteiger partial charge in [-0.25, -0.2) is 29.7 Å². The number of benzene rings is 1. The number of hydrogen-bond donors (Lipinski definition) is 2. The molecule has 1 saturated heterocycles. The van der Waals surface area contributed by atoms with Crippen molar-refractivity contribution in [1.82, 2.24) is 34.8 Å². The maximum atomic E-state index is 11.9. The average Bonchev–Trinajstić information content (AvgIpc) is 3.28. The smallest absolute Gasteiger partial charge is 0.319 e. The van der Waals surface area contributed by atoms with Gasteiger partial charge in [-0.3, -0.25) is 0 Å². The lowest BCUT2D eigenvalue weighted by Crippen LogP contribution is -2.44. The summed E-state index contributed by atoms with van der Waals surface area (Å²) in [6.07, 6.45) is 5.02. The van der Waals surface area contributed by atoms with Gasteiger partial charge in [-0.05, 0) is 45.0 Å². The predicted molar refractivity (Wildman–Crippen MR) is 138 cm³/mol. The Morgan fingerprint density at radius 3 is 2.56 bits per heavy atom. The number of urea groups is 1. The largest absolute Gasteiger partial charge is 0.377 e. The molecule has 0 saturated carbocycles. The van der Waals surface area contributed by atoms with Crippen molar-refractivity contribution in [3.8, 4) is 22.8 Å².